The van der Waals surface area contributed by atoms with Gasteiger partial charge in [0.2, 0.25) is 0 Å². The van der Waals surface area contributed by atoms with E-state index < -0.39 is 0 Å². The summed E-state index contributed by atoms with van der Waals surface area (Å²) in [6.07, 6.45) is 0.0211. The molecule has 1 fully saturated rings. The predicted octanol–water partition coefficient (Wildman–Crippen LogP) is 3.51. The third kappa shape index (κ3) is 3.75. The van der Waals surface area contributed by atoms with E-state index in [0.717, 1.165) is 66.6 Å². The van der Waals surface area contributed by atoms with Gasteiger partial charge in [0.1, 0.15) is 18.5 Å². The van der Waals surface area contributed by atoms with Gasteiger partial charge >= 0.3 is 0 Å². The van der Waals surface area contributed by atoms with Gasteiger partial charge in [0.15, 0.2) is 11.5 Å². The largest absolute Gasteiger partial charge is 0.497 e. The third-order valence-electron chi connectivity index (χ3n) is 5.89. The Bertz CT molecular complexity index is 1050. The van der Waals surface area contributed by atoms with Crippen molar-refractivity contribution >= 4 is 16.6 Å². The first-order chi connectivity index (χ1) is 14.7. The van der Waals surface area contributed by atoms with Crippen molar-refractivity contribution in [2.45, 2.75) is 13.0 Å². The van der Waals surface area contributed by atoms with Crippen molar-refractivity contribution in [1.29, 1.82) is 0 Å². The van der Waals surface area contributed by atoms with E-state index in [1.807, 2.05) is 37.3 Å². The summed E-state index contributed by atoms with van der Waals surface area (Å²) in [5.41, 5.74) is 3.17. The zero-order valence-corrected chi connectivity index (χ0v) is 17.5. The van der Waals surface area contributed by atoms with Crippen LogP contribution in [0.5, 0.6) is 17.2 Å². The summed E-state index contributed by atoms with van der Waals surface area (Å²) < 4.78 is 17.8. The number of benzene rings is 2. The average molecular weight is 405 g/mol. The molecule has 156 valence electrons. The van der Waals surface area contributed by atoms with Crippen LogP contribution in [0.3, 0.4) is 0 Å². The Kier molecular flexibility index (Phi) is 5.09. The minimum atomic E-state index is 0.0211. The molecule has 6 heteroatoms. The number of aromatic nitrogens is 1. The summed E-state index contributed by atoms with van der Waals surface area (Å²) in [5, 5.41) is 1.02. The second kappa shape index (κ2) is 8.03. The number of methoxy groups -OCH3 is 1. The number of hydrogen-bond acceptors (Lipinski definition) is 6. The molecule has 6 nitrogen and oxygen atoms in total. The van der Waals surface area contributed by atoms with Crippen molar-refractivity contribution in [2.75, 3.05) is 51.3 Å². The first kappa shape index (κ1) is 19.0. The highest BCUT2D eigenvalue weighted by molar-refractivity contribution is 5.88. The van der Waals surface area contributed by atoms with Gasteiger partial charge in [-0.05, 0) is 43.3 Å². The van der Waals surface area contributed by atoms with Crippen LogP contribution in [0.2, 0.25) is 0 Å². The van der Waals surface area contributed by atoms with E-state index in [1.165, 1.54) is 5.69 Å². The van der Waals surface area contributed by atoms with Gasteiger partial charge in [-0.15, -0.1) is 0 Å². The summed E-state index contributed by atoms with van der Waals surface area (Å²) in [5.74, 6) is 2.54. The van der Waals surface area contributed by atoms with Gasteiger partial charge in [-0.25, -0.2) is 0 Å². The molecule has 5 rings (SSSR count). The highest BCUT2D eigenvalue weighted by Gasteiger charge is 2.27. The molecular formula is C24H27N3O3. The number of piperazine rings is 1. The lowest BCUT2D eigenvalue weighted by molar-refractivity contribution is 0.0587. The molecule has 0 aliphatic carbocycles. The van der Waals surface area contributed by atoms with Crippen LogP contribution in [0.25, 0.3) is 10.9 Å². The fourth-order valence-corrected chi connectivity index (χ4v) is 4.25. The maximum atomic E-state index is 6.39. The number of fused-ring (bicyclic) bond motifs is 3. The standard InChI is InChI=1S/C24H27N3O3/c1-17-6-7-21-22(25-17)8-9-23-24(21)30-20(16-29-23)15-26-10-12-27(13-11-26)18-4-3-5-19(14-18)28-2/h3-9,14,20H,10-13,15-16H2,1-2H3. The van der Waals surface area contributed by atoms with Crippen molar-refractivity contribution in [3.63, 3.8) is 0 Å². The van der Waals surface area contributed by atoms with E-state index in [2.05, 4.69) is 33.0 Å². The predicted molar refractivity (Wildman–Crippen MR) is 118 cm³/mol. The number of ether oxygens (including phenoxy) is 3. The molecule has 1 saturated heterocycles. The van der Waals surface area contributed by atoms with Gasteiger partial charge in [0.25, 0.3) is 0 Å². The van der Waals surface area contributed by atoms with Gasteiger partial charge in [-0.2, -0.15) is 0 Å². The van der Waals surface area contributed by atoms with Crippen molar-refractivity contribution < 1.29 is 14.2 Å². The molecule has 0 N–H and O–H groups in total. The fourth-order valence-electron chi connectivity index (χ4n) is 4.25. The van der Waals surface area contributed by atoms with Gasteiger partial charge in [0.05, 0.1) is 12.6 Å². The van der Waals surface area contributed by atoms with E-state index >= 15 is 0 Å². The second-order valence-corrected chi connectivity index (χ2v) is 7.95. The molecule has 2 aromatic carbocycles. The van der Waals surface area contributed by atoms with Crippen LogP contribution in [0.1, 0.15) is 5.69 Å². The van der Waals surface area contributed by atoms with E-state index in [0.29, 0.717) is 6.61 Å². The molecule has 0 spiro atoms. The Hall–Kier alpha value is -2.99. The van der Waals surface area contributed by atoms with Gasteiger partial charge in [-0.1, -0.05) is 6.07 Å². The molecule has 3 heterocycles. The van der Waals surface area contributed by atoms with Crippen molar-refractivity contribution in [3.05, 3.63) is 54.2 Å². The fraction of sp³-hybridized carbons (Fsp3) is 0.375. The van der Waals surface area contributed by atoms with Crippen LogP contribution in [0.15, 0.2) is 48.5 Å². The van der Waals surface area contributed by atoms with Crippen LogP contribution in [0.4, 0.5) is 5.69 Å². The first-order valence-electron chi connectivity index (χ1n) is 10.5. The number of pyridine rings is 1. The molecule has 1 aromatic heterocycles. The number of rotatable bonds is 4. The number of aryl methyl sites for hydroxylation is 1. The number of nitrogens with zero attached hydrogens (tertiary/aromatic N) is 3. The Morgan fingerprint density at radius 2 is 1.93 bits per heavy atom. The molecule has 3 aromatic rings. The molecular weight excluding hydrogens is 378 g/mol. The molecule has 0 amide bonds. The minimum Gasteiger partial charge on any atom is -0.497 e. The zero-order valence-electron chi connectivity index (χ0n) is 17.5. The first-order valence-corrected chi connectivity index (χ1v) is 10.5. The van der Waals surface area contributed by atoms with E-state index in [4.69, 9.17) is 14.2 Å². The SMILES string of the molecule is COc1cccc(N2CCN(CC3COc4ccc5nc(C)ccc5c4O3)CC2)c1. The molecule has 1 unspecified atom stereocenters. The van der Waals surface area contributed by atoms with Crippen LogP contribution < -0.4 is 19.1 Å². The molecule has 30 heavy (non-hydrogen) atoms. The second-order valence-electron chi connectivity index (χ2n) is 7.95. The molecule has 2 aliphatic rings. The van der Waals surface area contributed by atoms with Gasteiger partial charge in [0, 0.05) is 55.6 Å². The number of anilines is 1. The lowest BCUT2D eigenvalue weighted by atomic mass is 10.1. The van der Waals surface area contributed by atoms with E-state index in [-0.39, 0.29) is 6.10 Å². The summed E-state index contributed by atoms with van der Waals surface area (Å²) in [7, 11) is 1.71. The van der Waals surface area contributed by atoms with Crippen molar-refractivity contribution in [3.8, 4) is 17.2 Å². The summed E-state index contributed by atoms with van der Waals surface area (Å²) in [6, 6.07) is 16.3. The monoisotopic (exact) mass is 405 g/mol. The van der Waals surface area contributed by atoms with Crippen LogP contribution >= 0.6 is 0 Å². The lowest BCUT2D eigenvalue weighted by Gasteiger charge is -2.38. The lowest BCUT2D eigenvalue weighted by Crippen LogP contribution is -2.50. The van der Waals surface area contributed by atoms with E-state index in [1.54, 1.807) is 7.11 Å². The summed E-state index contributed by atoms with van der Waals surface area (Å²) in [6.45, 7) is 7.42. The Labute approximate surface area is 177 Å². The molecule has 2 aliphatic heterocycles. The Morgan fingerprint density at radius 1 is 1.07 bits per heavy atom. The smallest absolute Gasteiger partial charge is 0.171 e. The van der Waals surface area contributed by atoms with Crippen molar-refractivity contribution in [2.24, 2.45) is 0 Å². The zero-order chi connectivity index (χ0) is 20.5. The van der Waals surface area contributed by atoms with E-state index in [9.17, 15) is 0 Å². The average Bonchev–Trinajstić information content (AvgIpc) is 2.79. The minimum absolute atomic E-state index is 0.0211. The van der Waals surface area contributed by atoms with Crippen LogP contribution in [-0.2, 0) is 0 Å². The van der Waals surface area contributed by atoms with Crippen molar-refractivity contribution in [1.82, 2.24) is 9.88 Å². The topological polar surface area (TPSA) is 47.1 Å². The summed E-state index contributed by atoms with van der Waals surface area (Å²) in [4.78, 5) is 9.49. The van der Waals surface area contributed by atoms with Crippen LogP contribution in [-0.4, -0.2) is 62.4 Å². The van der Waals surface area contributed by atoms with Gasteiger partial charge < -0.3 is 19.1 Å². The highest BCUT2D eigenvalue weighted by Crippen LogP contribution is 2.38. The maximum absolute atomic E-state index is 6.39. The maximum Gasteiger partial charge on any atom is 0.171 e. The molecule has 0 saturated carbocycles. The third-order valence-corrected chi connectivity index (χ3v) is 5.89. The summed E-state index contributed by atoms with van der Waals surface area (Å²) >= 11 is 0. The highest BCUT2D eigenvalue weighted by atomic mass is 16.6. The molecule has 1 atom stereocenters. The van der Waals surface area contributed by atoms with Crippen LogP contribution in [0, 0.1) is 6.92 Å². The molecule has 0 bridgehead atoms. The quantitative estimate of drug-likeness (QED) is 0.662. The number of hydrogen-bond donors (Lipinski definition) is 0. The Morgan fingerprint density at radius 3 is 2.77 bits per heavy atom. The molecule has 0 radical (unpaired) electrons. The van der Waals surface area contributed by atoms with Gasteiger partial charge in [-0.3, -0.25) is 9.88 Å². The normalized spacial score (nSPS) is 19.1. The Balaban J connectivity index is 1.23.